The van der Waals surface area contributed by atoms with Gasteiger partial charge in [0.1, 0.15) is 17.0 Å². The summed E-state index contributed by atoms with van der Waals surface area (Å²) in [5.74, 6) is 1.50. The topological polar surface area (TPSA) is 94.2 Å². The van der Waals surface area contributed by atoms with E-state index >= 15 is 0 Å². The number of hydrogen-bond acceptors (Lipinski definition) is 9. The third-order valence-corrected chi connectivity index (χ3v) is 6.10. The minimum absolute atomic E-state index is 0.0276. The number of piperidine rings is 1. The number of aryl methyl sites for hydroxylation is 3. The second kappa shape index (κ2) is 7.22. The van der Waals surface area contributed by atoms with Gasteiger partial charge in [0.2, 0.25) is 0 Å². The zero-order valence-electron chi connectivity index (χ0n) is 15.6. The molecular formula is C18H21N5O3S. The molecule has 0 aliphatic carbocycles. The van der Waals surface area contributed by atoms with Crippen molar-refractivity contribution in [3.63, 3.8) is 0 Å². The van der Waals surface area contributed by atoms with Gasteiger partial charge in [-0.1, -0.05) is 5.16 Å². The van der Waals surface area contributed by atoms with Gasteiger partial charge in [-0.15, -0.1) is 11.3 Å². The van der Waals surface area contributed by atoms with Crippen LogP contribution in [0.15, 0.2) is 10.9 Å². The first kappa shape index (κ1) is 17.8. The molecule has 0 saturated carbocycles. The van der Waals surface area contributed by atoms with Gasteiger partial charge in [0.25, 0.3) is 5.89 Å². The molecule has 9 heteroatoms. The van der Waals surface area contributed by atoms with Gasteiger partial charge in [0.05, 0.1) is 11.3 Å². The van der Waals surface area contributed by atoms with Crippen LogP contribution in [0.25, 0.3) is 10.2 Å². The molecule has 1 aliphatic rings. The van der Waals surface area contributed by atoms with Crippen molar-refractivity contribution in [2.45, 2.75) is 40.2 Å². The van der Waals surface area contributed by atoms with Crippen molar-refractivity contribution < 1.29 is 14.1 Å². The number of nitrogens with zero attached hydrogens (tertiary/aromatic N) is 5. The highest BCUT2D eigenvalue weighted by atomic mass is 32.1. The summed E-state index contributed by atoms with van der Waals surface area (Å²) in [4.78, 5) is 29.8. The van der Waals surface area contributed by atoms with E-state index < -0.39 is 0 Å². The first-order valence-corrected chi connectivity index (χ1v) is 9.76. The van der Waals surface area contributed by atoms with Crippen molar-refractivity contribution in [1.82, 2.24) is 20.1 Å². The highest BCUT2D eigenvalue weighted by molar-refractivity contribution is 7.18. The summed E-state index contributed by atoms with van der Waals surface area (Å²) in [7, 11) is 0. The Balaban J connectivity index is 1.40. The Morgan fingerprint density at radius 3 is 2.78 bits per heavy atom. The number of fused-ring (bicyclic) bond motifs is 1. The number of carbonyl (C=O) groups excluding carboxylic acids is 1. The maximum atomic E-state index is 12.3. The second-order valence-electron chi connectivity index (χ2n) is 6.77. The molecule has 3 aromatic rings. The van der Waals surface area contributed by atoms with E-state index in [1.165, 1.54) is 10.4 Å². The zero-order valence-corrected chi connectivity index (χ0v) is 16.4. The van der Waals surface area contributed by atoms with E-state index in [9.17, 15) is 4.79 Å². The normalized spacial score (nSPS) is 15.4. The molecule has 142 valence electrons. The molecule has 0 radical (unpaired) electrons. The molecule has 3 aromatic heterocycles. The summed E-state index contributed by atoms with van der Waals surface area (Å²) < 4.78 is 10.3. The predicted octanol–water partition coefficient (Wildman–Crippen LogP) is 2.96. The Morgan fingerprint density at radius 2 is 2.07 bits per heavy atom. The summed E-state index contributed by atoms with van der Waals surface area (Å²) in [5, 5.41) is 4.82. The van der Waals surface area contributed by atoms with E-state index in [4.69, 9.17) is 9.26 Å². The molecule has 4 rings (SSSR count). The fraction of sp³-hybridized carbons (Fsp3) is 0.500. The van der Waals surface area contributed by atoms with E-state index in [2.05, 4.69) is 38.9 Å². The van der Waals surface area contributed by atoms with Gasteiger partial charge < -0.3 is 14.2 Å². The van der Waals surface area contributed by atoms with Crippen LogP contribution in [0.4, 0.5) is 5.82 Å². The number of ether oxygens (including phenoxy) is 1. The first-order chi connectivity index (χ1) is 13.0. The van der Waals surface area contributed by atoms with Crippen LogP contribution in [0.2, 0.25) is 0 Å². The molecule has 0 spiro atoms. The summed E-state index contributed by atoms with van der Waals surface area (Å²) in [5.41, 5.74) is 1.24. The molecule has 0 unspecified atom stereocenters. The van der Waals surface area contributed by atoms with E-state index in [0.717, 1.165) is 42.0 Å². The van der Waals surface area contributed by atoms with Gasteiger partial charge in [0.15, 0.2) is 12.4 Å². The van der Waals surface area contributed by atoms with Crippen molar-refractivity contribution in [2.24, 2.45) is 5.92 Å². The number of aromatic nitrogens is 4. The SMILES string of the molecule is Cc1noc(COC(=O)C2CCN(c3ncnc4sc(C)c(C)c34)CC2)n1. The minimum Gasteiger partial charge on any atom is -0.455 e. The van der Waals surface area contributed by atoms with Crippen LogP contribution < -0.4 is 4.90 Å². The summed E-state index contributed by atoms with van der Waals surface area (Å²) in [6.45, 7) is 7.51. The van der Waals surface area contributed by atoms with Gasteiger partial charge in [-0.25, -0.2) is 9.97 Å². The Morgan fingerprint density at radius 1 is 1.30 bits per heavy atom. The fourth-order valence-electron chi connectivity index (χ4n) is 3.38. The van der Waals surface area contributed by atoms with Crippen LogP contribution in [0.3, 0.4) is 0 Å². The maximum Gasteiger partial charge on any atom is 0.309 e. The summed E-state index contributed by atoms with van der Waals surface area (Å²) in [6.07, 6.45) is 3.09. The largest absolute Gasteiger partial charge is 0.455 e. The lowest BCUT2D eigenvalue weighted by Gasteiger charge is -2.32. The molecule has 1 saturated heterocycles. The standard InChI is InChI=1S/C18H21N5O3S/c1-10-11(2)27-17-15(10)16(19-9-20-17)23-6-4-13(5-7-23)18(24)25-8-14-21-12(3)22-26-14/h9,13H,4-8H2,1-3H3. The second-order valence-corrected chi connectivity index (χ2v) is 7.97. The number of thiophene rings is 1. The van der Waals surface area contributed by atoms with E-state index in [0.29, 0.717) is 11.7 Å². The minimum atomic E-state index is -0.208. The molecule has 0 amide bonds. The maximum absolute atomic E-state index is 12.3. The van der Waals surface area contributed by atoms with Crippen molar-refractivity contribution in [2.75, 3.05) is 18.0 Å². The number of rotatable bonds is 4. The van der Waals surface area contributed by atoms with E-state index in [1.54, 1.807) is 24.6 Å². The van der Waals surface area contributed by atoms with Crippen LogP contribution >= 0.6 is 11.3 Å². The Labute approximate surface area is 160 Å². The van der Waals surface area contributed by atoms with Crippen molar-refractivity contribution in [1.29, 1.82) is 0 Å². The molecular weight excluding hydrogens is 366 g/mol. The van der Waals surface area contributed by atoms with Crippen molar-refractivity contribution >= 4 is 33.3 Å². The third kappa shape index (κ3) is 3.51. The Bertz CT molecular complexity index is 975. The van der Waals surface area contributed by atoms with Crippen LogP contribution in [0, 0.1) is 26.7 Å². The number of carbonyl (C=O) groups is 1. The number of esters is 1. The summed E-state index contributed by atoms with van der Waals surface area (Å²) >= 11 is 1.70. The van der Waals surface area contributed by atoms with Crippen LogP contribution in [-0.4, -0.2) is 39.2 Å². The first-order valence-electron chi connectivity index (χ1n) is 8.94. The lowest BCUT2D eigenvalue weighted by atomic mass is 9.97. The van der Waals surface area contributed by atoms with Crippen LogP contribution in [0.1, 0.15) is 35.0 Å². The van der Waals surface area contributed by atoms with Gasteiger partial charge in [-0.3, -0.25) is 4.79 Å². The molecule has 1 aliphatic heterocycles. The lowest BCUT2D eigenvalue weighted by Crippen LogP contribution is -2.37. The molecule has 4 heterocycles. The molecule has 0 bridgehead atoms. The molecule has 0 aromatic carbocycles. The third-order valence-electron chi connectivity index (χ3n) is 4.98. The number of hydrogen-bond donors (Lipinski definition) is 0. The van der Waals surface area contributed by atoms with E-state index in [1.807, 2.05) is 0 Å². The summed E-state index contributed by atoms with van der Waals surface area (Å²) in [6, 6.07) is 0. The predicted molar refractivity (Wildman–Crippen MR) is 101 cm³/mol. The van der Waals surface area contributed by atoms with Crippen LogP contribution in [-0.2, 0) is 16.1 Å². The van der Waals surface area contributed by atoms with Gasteiger partial charge in [-0.2, -0.15) is 4.98 Å². The highest BCUT2D eigenvalue weighted by Gasteiger charge is 2.28. The number of anilines is 1. The van der Waals surface area contributed by atoms with Crippen molar-refractivity contribution in [3.05, 3.63) is 28.5 Å². The molecule has 27 heavy (non-hydrogen) atoms. The zero-order chi connectivity index (χ0) is 19.0. The van der Waals surface area contributed by atoms with Gasteiger partial charge in [0, 0.05) is 18.0 Å². The van der Waals surface area contributed by atoms with E-state index in [-0.39, 0.29) is 18.5 Å². The average molecular weight is 387 g/mol. The molecule has 0 N–H and O–H groups in total. The van der Waals surface area contributed by atoms with Crippen molar-refractivity contribution in [3.8, 4) is 0 Å². The molecule has 1 fully saturated rings. The van der Waals surface area contributed by atoms with Gasteiger partial charge in [-0.05, 0) is 39.2 Å². The molecule has 8 nitrogen and oxygen atoms in total. The quantitative estimate of drug-likeness (QED) is 0.631. The Kier molecular flexibility index (Phi) is 4.77. The smallest absolute Gasteiger partial charge is 0.309 e. The average Bonchev–Trinajstić information content (AvgIpc) is 3.22. The Hall–Kier alpha value is -2.55. The van der Waals surface area contributed by atoms with Crippen LogP contribution in [0.5, 0.6) is 0 Å². The lowest BCUT2D eigenvalue weighted by molar-refractivity contribution is -0.151. The fourth-order valence-corrected chi connectivity index (χ4v) is 4.37. The van der Waals surface area contributed by atoms with Gasteiger partial charge >= 0.3 is 5.97 Å². The highest BCUT2D eigenvalue weighted by Crippen LogP contribution is 2.35. The monoisotopic (exact) mass is 387 g/mol. The molecule has 0 atom stereocenters.